The summed E-state index contributed by atoms with van der Waals surface area (Å²) in [7, 11) is 0. The Kier molecular flexibility index (Phi) is 4.09. The van der Waals surface area contributed by atoms with Crippen LogP contribution in [0.25, 0.3) is 0 Å². The number of benzene rings is 1. The zero-order chi connectivity index (χ0) is 14.7. The molecule has 6 nitrogen and oxygen atoms in total. The molecular formula is C13H10BrN3O3. The molecule has 2 rings (SSSR count). The summed E-state index contributed by atoms with van der Waals surface area (Å²) in [5.74, 6) is -0.434. The minimum Gasteiger partial charge on any atom is -0.320 e. The molecule has 102 valence electrons. The largest absolute Gasteiger partial charge is 0.320 e. The molecule has 1 aromatic carbocycles. The monoisotopic (exact) mass is 335 g/mol. The van der Waals surface area contributed by atoms with Crippen molar-refractivity contribution < 1.29 is 9.72 Å². The van der Waals surface area contributed by atoms with Crippen molar-refractivity contribution in [1.82, 2.24) is 4.98 Å². The lowest BCUT2D eigenvalue weighted by Crippen LogP contribution is -2.14. The maximum absolute atomic E-state index is 12.2. The van der Waals surface area contributed by atoms with Gasteiger partial charge in [0.1, 0.15) is 4.47 Å². The highest BCUT2D eigenvalue weighted by atomic mass is 79.9. The van der Waals surface area contributed by atoms with E-state index in [9.17, 15) is 14.9 Å². The molecule has 0 spiro atoms. The van der Waals surface area contributed by atoms with E-state index in [0.29, 0.717) is 11.4 Å². The van der Waals surface area contributed by atoms with E-state index in [1.165, 1.54) is 18.2 Å². The van der Waals surface area contributed by atoms with Crippen LogP contribution in [0.1, 0.15) is 16.1 Å². The first-order chi connectivity index (χ1) is 9.50. The lowest BCUT2D eigenvalue weighted by molar-refractivity contribution is -0.385. The van der Waals surface area contributed by atoms with Gasteiger partial charge in [0.15, 0.2) is 0 Å². The van der Waals surface area contributed by atoms with Gasteiger partial charge in [-0.15, -0.1) is 0 Å². The average molecular weight is 336 g/mol. The third-order valence-electron chi connectivity index (χ3n) is 2.67. The first-order valence-corrected chi connectivity index (χ1v) is 6.46. The summed E-state index contributed by atoms with van der Waals surface area (Å²) in [5.41, 5.74) is 1.28. The number of amides is 1. The number of pyridine rings is 1. The third-order valence-corrected chi connectivity index (χ3v) is 3.51. The van der Waals surface area contributed by atoms with Crippen LogP contribution < -0.4 is 5.32 Å². The van der Waals surface area contributed by atoms with Gasteiger partial charge in [0.2, 0.25) is 0 Å². The van der Waals surface area contributed by atoms with Crippen molar-refractivity contribution in [2.45, 2.75) is 6.92 Å². The van der Waals surface area contributed by atoms with Crippen LogP contribution in [0.4, 0.5) is 11.4 Å². The molecule has 0 fully saturated rings. The van der Waals surface area contributed by atoms with Crippen molar-refractivity contribution in [2.24, 2.45) is 0 Å². The van der Waals surface area contributed by atoms with Gasteiger partial charge in [0.05, 0.1) is 21.9 Å². The van der Waals surface area contributed by atoms with Gasteiger partial charge >= 0.3 is 0 Å². The van der Waals surface area contributed by atoms with E-state index in [2.05, 4.69) is 26.2 Å². The molecule has 0 aliphatic rings. The average Bonchev–Trinajstić information content (AvgIpc) is 2.41. The zero-order valence-electron chi connectivity index (χ0n) is 10.5. The van der Waals surface area contributed by atoms with Crippen LogP contribution in [0.3, 0.4) is 0 Å². The van der Waals surface area contributed by atoms with E-state index in [0.717, 1.165) is 0 Å². The normalized spacial score (nSPS) is 10.1. The van der Waals surface area contributed by atoms with Gasteiger partial charge < -0.3 is 5.32 Å². The Bertz CT molecular complexity index is 688. The van der Waals surface area contributed by atoms with Gasteiger partial charge in [0.25, 0.3) is 11.6 Å². The van der Waals surface area contributed by atoms with Crippen LogP contribution in [0, 0.1) is 17.0 Å². The Morgan fingerprint density at radius 2 is 2.10 bits per heavy atom. The van der Waals surface area contributed by atoms with Gasteiger partial charge in [-0.25, -0.2) is 0 Å². The van der Waals surface area contributed by atoms with Crippen LogP contribution in [0.5, 0.6) is 0 Å². The van der Waals surface area contributed by atoms with Crippen molar-refractivity contribution in [3.63, 3.8) is 0 Å². The molecule has 0 saturated heterocycles. The van der Waals surface area contributed by atoms with Crippen LogP contribution in [-0.2, 0) is 0 Å². The molecule has 1 amide bonds. The van der Waals surface area contributed by atoms with Crippen molar-refractivity contribution in [3.8, 4) is 0 Å². The summed E-state index contributed by atoms with van der Waals surface area (Å²) in [6.45, 7) is 1.76. The number of nitro groups is 1. The number of rotatable bonds is 3. The molecular weight excluding hydrogens is 326 g/mol. The van der Waals surface area contributed by atoms with E-state index in [4.69, 9.17) is 0 Å². The molecule has 0 atom stereocenters. The van der Waals surface area contributed by atoms with Crippen molar-refractivity contribution in [2.75, 3.05) is 5.32 Å². The van der Waals surface area contributed by atoms with Crippen molar-refractivity contribution in [3.05, 3.63) is 62.4 Å². The molecule has 7 heteroatoms. The smallest absolute Gasteiger partial charge is 0.284 e. The van der Waals surface area contributed by atoms with E-state index >= 15 is 0 Å². The van der Waals surface area contributed by atoms with Crippen LogP contribution in [0.15, 0.2) is 41.0 Å². The summed E-state index contributed by atoms with van der Waals surface area (Å²) in [5, 5.41) is 13.5. The molecule has 2 aromatic rings. The maximum atomic E-state index is 12.2. The first kappa shape index (κ1) is 14.1. The predicted molar refractivity (Wildman–Crippen MR) is 77.7 cm³/mol. The van der Waals surface area contributed by atoms with Gasteiger partial charge in [-0.3, -0.25) is 19.9 Å². The van der Waals surface area contributed by atoms with Crippen molar-refractivity contribution >= 4 is 33.2 Å². The summed E-state index contributed by atoms with van der Waals surface area (Å²) < 4.78 is 0.157. The third kappa shape index (κ3) is 2.83. The lowest BCUT2D eigenvalue weighted by Gasteiger charge is -2.08. The minimum atomic E-state index is -0.545. The second-order valence-electron chi connectivity index (χ2n) is 3.99. The number of nitro benzene ring substituents is 1. The molecule has 0 aliphatic carbocycles. The summed E-state index contributed by atoms with van der Waals surface area (Å²) in [6, 6.07) is 7.72. The molecule has 1 N–H and O–H groups in total. The number of nitrogens with zero attached hydrogens (tertiary/aromatic N) is 2. The second-order valence-corrected chi connectivity index (χ2v) is 4.78. The standard InChI is InChI=1S/C13H10BrN3O3/c1-8-10(5-3-7-15-8)16-13(18)9-4-2-6-11(12(9)14)17(19)20/h2-7H,1H3,(H,16,18). The summed E-state index contributed by atoms with van der Waals surface area (Å²) in [6.07, 6.45) is 1.62. The molecule has 0 bridgehead atoms. The fourth-order valence-corrected chi connectivity index (χ4v) is 2.23. The Balaban J connectivity index is 2.33. The van der Waals surface area contributed by atoms with Gasteiger partial charge in [-0.2, -0.15) is 0 Å². The summed E-state index contributed by atoms with van der Waals surface area (Å²) >= 11 is 3.10. The quantitative estimate of drug-likeness (QED) is 0.688. The second kappa shape index (κ2) is 5.79. The van der Waals surface area contributed by atoms with E-state index in [1.54, 1.807) is 25.3 Å². The number of hydrogen-bond acceptors (Lipinski definition) is 4. The Hall–Kier alpha value is -2.28. The SMILES string of the molecule is Cc1ncccc1NC(=O)c1cccc([N+](=O)[O-])c1Br. The highest BCUT2D eigenvalue weighted by Gasteiger charge is 2.19. The van der Waals surface area contributed by atoms with E-state index in [-0.39, 0.29) is 15.7 Å². The number of hydrogen-bond donors (Lipinski definition) is 1. The number of anilines is 1. The molecule has 0 radical (unpaired) electrons. The lowest BCUT2D eigenvalue weighted by atomic mass is 10.2. The fourth-order valence-electron chi connectivity index (χ4n) is 1.64. The number of carbonyl (C=O) groups excluding carboxylic acids is 1. The molecule has 20 heavy (non-hydrogen) atoms. The molecule has 1 heterocycles. The first-order valence-electron chi connectivity index (χ1n) is 5.66. The Morgan fingerprint density at radius 1 is 1.35 bits per heavy atom. The maximum Gasteiger partial charge on any atom is 0.284 e. The molecule has 0 unspecified atom stereocenters. The zero-order valence-corrected chi connectivity index (χ0v) is 12.0. The number of aromatic nitrogens is 1. The van der Waals surface area contributed by atoms with Gasteiger partial charge in [-0.1, -0.05) is 6.07 Å². The summed E-state index contributed by atoms with van der Waals surface area (Å²) in [4.78, 5) is 26.5. The Labute approximate surface area is 123 Å². The Morgan fingerprint density at radius 3 is 2.75 bits per heavy atom. The van der Waals surface area contributed by atoms with E-state index < -0.39 is 10.8 Å². The number of carbonyl (C=O) groups is 1. The molecule has 0 aliphatic heterocycles. The molecule has 1 aromatic heterocycles. The molecule has 0 saturated carbocycles. The predicted octanol–water partition coefficient (Wildman–Crippen LogP) is 3.31. The number of aryl methyl sites for hydroxylation is 1. The van der Waals surface area contributed by atoms with E-state index in [1.807, 2.05) is 0 Å². The van der Waals surface area contributed by atoms with Gasteiger partial charge in [0, 0.05) is 12.3 Å². The number of halogens is 1. The topological polar surface area (TPSA) is 85.1 Å². The van der Waals surface area contributed by atoms with Crippen LogP contribution in [0.2, 0.25) is 0 Å². The highest BCUT2D eigenvalue weighted by molar-refractivity contribution is 9.10. The minimum absolute atomic E-state index is 0.152. The van der Waals surface area contributed by atoms with Crippen molar-refractivity contribution in [1.29, 1.82) is 0 Å². The fraction of sp³-hybridized carbons (Fsp3) is 0.0769. The van der Waals surface area contributed by atoms with Gasteiger partial charge in [-0.05, 0) is 41.1 Å². The highest BCUT2D eigenvalue weighted by Crippen LogP contribution is 2.28. The number of nitrogens with one attached hydrogen (secondary N) is 1. The van der Waals surface area contributed by atoms with Crippen LogP contribution >= 0.6 is 15.9 Å². The van der Waals surface area contributed by atoms with Crippen LogP contribution in [-0.4, -0.2) is 15.8 Å².